The number of amidine groups is 1. The highest BCUT2D eigenvalue weighted by Gasteiger charge is 2.30. The third-order valence-electron chi connectivity index (χ3n) is 8.63. The summed E-state index contributed by atoms with van der Waals surface area (Å²) in [5.74, 6) is 0.346. The average molecular weight is 654 g/mol. The standard InChI is InChI=1S/C35H35N5O4S2/c41-34-32(45-35(36-34)38-16-14-27(15-17-38)22-26-8-3-1-4-9-26)24-29-25-40(30-11-5-2-6-12-30)37-33(29)28-10-7-13-31(23-28)46(42,43)39-18-20-44-21-19-39/h1-13,23-25,27H,14-22H2. The number of carbonyl (C=O) groups excluding carboxylic acids is 1. The van der Waals surface area contributed by atoms with E-state index in [1.165, 1.54) is 21.6 Å². The molecular formula is C35H35N5O4S2. The molecule has 11 heteroatoms. The zero-order valence-corrected chi connectivity index (χ0v) is 27.0. The van der Waals surface area contributed by atoms with Crippen LogP contribution in [0.2, 0.25) is 0 Å². The molecule has 1 amide bonds. The highest BCUT2D eigenvalue weighted by atomic mass is 32.2. The summed E-state index contributed by atoms with van der Waals surface area (Å²) in [6, 6.07) is 27.2. The molecule has 3 aliphatic heterocycles. The number of amides is 1. The van der Waals surface area contributed by atoms with Crippen molar-refractivity contribution in [1.29, 1.82) is 0 Å². The predicted molar refractivity (Wildman–Crippen MR) is 181 cm³/mol. The second-order valence-electron chi connectivity index (χ2n) is 11.7. The molecule has 0 saturated carbocycles. The molecule has 46 heavy (non-hydrogen) atoms. The molecule has 3 aromatic carbocycles. The van der Waals surface area contributed by atoms with E-state index in [-0.39, 0.29) is 10.8 Å². The number of piperidine rings is 1. The van der Waals surface area contributed by atoms with Crippen LogP contribution in [0.3, 0.4) is 0 Å². The van der Waals surface area contributed by atoms with E-state index in [0.717, 1.165) is 43.2 Å². The van der Waals surface area contributed by atoms with E-state index in [9.17, 15) is 13.2 Å². The number of thioether (sulfide) groups is 1. The molecule has 0 aliphatic carbocycles. The summed E-state index contributed by atoms with van der Waals surface area (Å²) in [4.78, 5) is 20.6. The van der Waals surface area contributed by atoms with Crippen molar-refractivity contribution in [3.8, 4) is 16.9 Å². The topological polar surface area (TPSA) is 97.1 Å². The molecule has 0 N–H and O–H groups in total. The lowest BCUT2D eigenvalue weighted by Crippen LogP contribution is -2.40. The Hall–Kier alpha value is -4.03. The van der Waals surface area contributed by atoms with Crippen LogP contribution in [-0.2, 0) is 26.0 Å². The van der Waals surface area contributed by atoms with Crippen molar-refractivity contribution in [3.05, 3.63) is 107 Å². The summed E-state index contributed by atoms with van der Waals surface area (Å²) in [5, 5.41) is 5.62. The van der Waals surface area contributed by atoms with Crippen LogP contribution in [0.25, 0.3) is 23.0 Å². The quantitative estimate of drug-likeness (QED) is 0.244. The molecule has 0 radical (unpaired) electrons. The Morgan fingerprint density at radius 2 is 1.61 bits per heavy atom. The maximum absolute atomic E-state index is 13.5. The van der Waals surface area contributed by atoms with E-state index in [0.29, 0.717) is 53.9 Å². The Balaban J connectivity index is 1.14. The third kappa shape index (κ3) is 6.59. The normalized spacial score (nSPS) is 19.1. The van der Waals surface area contributed by atoms with Crippen molar-refractivity contribution in [2.24, 2.45) is 10.9 Å². The van der Waals surface area contributed by atoms with Gasteiger partial charge in [0.25, 0.3) is 5.91 Å². The molecule has 7 rings (SSSR count). The minimum atomic E-state index is -3.70. The summed E-state index contributed by atoms with van der Waals surface area (Å²) in [6.45, 7) is 3.12. The van der Waals surface area contributed by atoms with Gasteiger partial charge in [0.15, 0.2) is 5.17 Å². The Labute approximate surface area is 273 Å². The largest absolute Gasteiger partial charge is 0.379 e. The Morgan fingerprint density at radius 1 is 0.891 bits per heavy atom. The fraction of sp³-hybridized carbons (Fsp3) is 0.286. The van der Waals surface area contributed by atoms with Crippen LogP contribution in [0.4, 0.5) is 0 Å². The molecule has 2 fully saturated rings. The van der Waals surface area contributed by atoms with Crippen molar-refractivity contribution < 1.29 is 17.9 Å². The minimum Gasteiger partial charge on any atom is -0.379 e. The second-order valence-corrected chi connectivity index (χ2v) is 14.6. The molecule has 3 aliphatic rings. The SMILES string of the molecule is O=C1N=C(N2CCC(Cc3ccccc3)CC2)SC1=Cc1cn(-c2ccccc2)nc1-c1cccc(S(=O)(=O)N2CCOCC2)c1. The summed E-state index contributed by atoms with van der Waals surface area (Å²) in [6.07, 6.45) is 6.89. The first-order valence-corrected chi connectivity index (χ1v) is 17.8. The molecule has 0 bridgehead atoms. The van der Waals surface area contributed by atoms with Crippen molar-refractivity contribution >= 4 is 38.9 Å². The fourth-order valence-corrected chi connectivity index (χ4v) is 8.53. The van der Waals surface area contributed by atoms with Gasteiger partial charge in [-0.25, -0.2) is 13.1 Å². The van der Waals surface area contributed by atoms with Crippen LogP contribution in [0, 0.1) is 5.92 Å². The van der Waals surface area contributed by atoms with Gasteiger partial charge in [0.1, 0.15) is 5.69 Å². The Bertz CT molecular complexity index is 1880. The molecule has 0 spiro atoms. The monoisotopic (exact) mass is 653 g/mol. The van der Waals surface area contributed by atoms with Gasteiger partial charge in [-0.05, 0) is 72.8 Å². The predicted octanol–water partition coefficient (Wildman–Crippen LogP) is 5.49. The number of para-hydroxylation sites is 1. The molecule has 0 unspecified atom stereocenters. The van der Waals surface area contributed by atoms with Crippen LogP contribution < -0.4 is 0 Å². The van der Waals surface area contributed by atoms with Gasteiger partial charge in [0.05, 0.1) is 28.7 Å². The van der Waals surface area contributed by atoms with Crippen molar-refractivity contribution in [1.82, 2.24) is 19.0 Å². The number of hydrogen-bond acceptors (Lipinski definition) is 7. The number of rotatable bonds is 7. The molecule has 1 aromatic heterocycles. The minimum absolute atomic E-state index is 0.201. The Morgan fingerprint density at radius 3 is 2.35 bits per heavy atom. The van der Waals surface area contributed by atoms with E-state index < -0.39 is 10.0 Å². The number of ether oxygens (including phenoxy) is 1. The highest BCUT2D eigenvalue weighted by molar-refractivity contribution is 8.18. The summed E-state index contributed by atoms with van der Waals surface area (Å²) in [7, 11) is -3.70. The number of carbonyl (C=O) groups is 1. The number of hydrogen-bond donors (Lipinski definition) is 0. The number of nitrogens with zero attached hydrogens (tertiary/aromatic N) is 5. The number of aromatic nitrogens is 2. The number of sulfonamides is 1. The van der Waals surface area contributed by atoms with Gasteiger partial charge in [-0.3, -0.25) is 4.79 Å². The van der Waals surface area contributed by atoms with Gasteiger partial charge in [-0.1, -0.05) is 60.7 Å². The third-order valence-corrected chi connectivity index (χ3v) is 11.6. The second kappa shape index (κ2) is 13.4. The van der Waals surface area contributed by atoms with E-state index in [2.05, 4.69) is 34.2 Å². The van der Waals surface area contributed by atoms with Crippen LogP contribution in [0.5, 0.6) is 0 Å². The molecule has 0 atom stereocenters. The maximum atomic E-state index is 13.5. The molecular weight excluding hydrogens is 619 g/mol. The first kappa shape index (κ1) is 30.6. The van der Waals surface area contributed by atoms with E-state index in [4.69, 9.17) is 9.84 Å². The van der Waals surface area contributed by atoms with Gasteiger partial charge in [-0.15, -0.1) is 0 Å². The van der Waals surface area contributed by atoms with Crippen LogP contribution in [0.1, 0.15) is 24.0 Å². The fourth-order valence-electron chi connectivity index (χ4n) is 6.12. The van der Waals surface area contributed by atoms with Crippen LogP contribution in [0.15, 0.2) is 106 Å². The van der Waals surface area contributed by atoms with E-state index >= 15 is 0 Å². The van der Waals surface area contributed by atoms with E-state index in [1.807, 2.05) is 54.7 Å². The number of benzene rings is 3. The lowest BCUT2D eigenvalue weighted by molar-refractivity contribution is -0.113. The van der Waals surface area contributed by atoms with Gasteiger partial charge in [0, 0.05) is 43.5 Å². The summed E-state index contributed by atoms with van der Waals surface area (Å²) in [5.41, 5.74) is 4.15. The van der Waals surface area contributed by atoms with Crippen molar-refractivity contribution in [2.45, 2.75) is 24.2 Å². The first-order valence-electron chi connectivity index (χ1n) is 15.6. The van der Waals surface area contributed by atoms with Crippen LogP contribution >= 0.6 is 11.8 Å². The molecule has 236 valence electrons. The van der Waals surface area contributed by atoms with Crippen LogP contribution in [-0.4, -0.2) is 77.9 Å². The molecule has 9 nitrogen and oxygen atoms in total. The maximum Gasteiger partial charge on any atom is 0.286 e. The van der Waals surface area contributed by atoms with Gasteiger partial charge >= 0.3 is 0 Å². The molecule has 4 heterocycles. The van der Waals surface area contributed by atoms with Crippen molar-refractivity contribution in [2.75, 3.05) is 39.4 Å². The first-order chi connectivity index (χ1) is 22.4. The summed E-state index contributed by atoms with van der Waals surface area (Å²) >= 11 is 1.40. The lowest BCUT2D eigenvalue weighted by atomic mass is 9.90. The summed E-state index contributed by atoms with van der Waals surface area (Å²) < 4.78 is 35.5. The molecule has 2 saturated heterocycles. The highest BCUT2D eigenvalue weighted by Crippen LogP contribution is 2.35. The molecule has 4 aromatic rings. The zero-order chi connectivity index (χ0) is 31.5. The zero-order valence-electron chi connectivity index (χ0n) is 25.4. The average Bonchev–Trinajstić information content (AvgIpc) is 3.70. The lowest BCUT2D eigenvalue weighted by Gasteiger charge is -2.32. The number of morpholine rings is 1. The van der Waals surface area contributed by atoms with Crippen molar-refractivity contribution in [3.63, 3.8) is 0 Å². The Kier molecular flexibility index (Phi) is 8.90. The van der Waals surface area contributed by atoms with Gasteiger partial charge < -0.3 is 9.64 Å². The van der Waals surface area contributed by atoms with E-state index in [1.54, 1.807) is 22.9 Å². The smallest absolute Gasteiger partial charge is 0.286 e. The number of aliphatic imine (C=N–C) groups is 1. The van der Waals surface area contributed by atoms with Gasteiger partial charge in [-0.2, -0.15) is 14.4 Å². The number of likely N-dealkylation sites (tertiary alicyclic amines) is 1. The van der Waals surface area contributed by atoms with Gasteiger partial charge in [0.2, 0.25) is 10.0 Å².